The molecular weight excluding hydrogens is 959 g/mol. The fourth-order valence-electron chi connectivity index (χ4n) is 5.87. The number of aromatic nitrogens is 1. The Hall–Kier alpha value is -4.72. The molecule has 3 aromatic rings. The number of nitrogens with one attached hydrogen (secondary N) is 2. The molecule has 3 rings (SSSR count). The number of benzene rings is 1. The topological polar surface area (TPSA) is 281 Å². The first-order chi connectivity index (χ1) is 33.6. The zero-order valence-corrected chi connectivity index (χ0v) is 42.5. The van der Waals surface area contributed by atoms with Gasteiger partial charge in [0.2, 0.25) is 5.91 Å². The lowest BCUT2D eigenvalue weighted by Crippen LogP contribution is -2.31. The number of ketones is 2. The monoisotopic (exact) mass is 1030 g/mol. The van der Waals surface area contributed by atoms with Crippen molar-refractivity contribution < 1.29 is 79.8 Å². The van der Waals surface area contributed by atoms with Gasteiger partial charge in [0.15, 0.2) is 26.6 Å². The zero-order valence-electron chi connectivity index (χ0n) is 40.8. The number of thiazole rings is 1. The minimum Gasteiger partial charge on any atom is -0.484 e. The summed E-state index contributed by atoms with van der Waals surface area (Å²) < 4.78 is 73.1. The molecule has 0 saturated carbocycles. The maximum atomic E-state index is 12.5. The molecule has 0 aliphatic carbocycles. The van der Waals surface area contributed by atoms with Crippen molar-refractivity contribution in [3.05, 3.63) is 45.1 Å². The number of Topliss-reactive ketones (excluding diaryl/α,β-unsaturated/α-hetero) is 2. The number of anilines is 1. The number of aliphatic carboxylic acids is 1. The molecular formula is C47H71N3O18S2. The van der Waals surface area contributed by atoms with Crippen molar-refractivity contribution in [3.8, 4) is 5.75 Å². The van der Waals surface area contributed by atoms with Gasteiger partial charge in [-0.15, -0.1) is 11.3 Å². The highest BCUT2D eigenvalue weighted by Gasteiger charge is 2.23. The molecule has 0 unspecified atom stereocenters. The number of unbranched alkanes of at least 4 members (excludes halogenated alkanes) is 2. The van der Waals surface area contributed by atoms with Crippen molar-refractivity contribution in [2.24, 2.45) is 0 Å². The van der Waals surface area contributed by atoms with Crippen LogP contribution >= 0.6 is 11.3 Å². The second-order valence-electron chi connectivity index (χ2n) is 15.6. The number of sulfone groups is 1. The summed E-state index contributed by atoms with van der Waals surface area (Å²) in [4.78, 5) is 72.4. The minimum absolute atomic E-state index is 0.0203. The fraction of sp³-hybridized carbons (Fsp3) is 0.638. The van der Waals surface area contributed by atoms with Crippen LogP contribution in [0.2, 0.25) is 0 Å². The number of amides is 2. The van der Waals surface area contributed by atoms with Gasteiger partial charge in [0.05, 0.1) is 91.5 Å². The molecule has 0 radical (unpaired) electrons. The van der Waals surface area contributed by atoms with Crippen molar-refractivity contribution in [2.75, 3.05) is 117 Å². The molecule has 394 valence electrons. The standard InChI is InChI=1S/C24H40N2O8S2.C23H31NO10/c1-19(27)9-4-6-12-32-14-16-34-17-15-33-13-7-5-10-22(29)11-8-18-36(30,31)23-20(2)35-24(26-23)25-21(3)28;1-17-14-18-2-3-19(15-20(18)34-23(17)28)33-16-21(25)24-5-7-30-9-11-32-13-12-31-10-8-29-6-4-22(26)27/h4-18H2,1-3H3,(H,25,26,28);2-3,14-15H,4-13,16H2,1H3,(H,24,25)(H,26,27). The van der Waals surface area contributed by atoms with Gasteiger partial charge in [-0.3, -0.25) is 19.2 Å². The molecule has 2 amide bonds. The third-order valence-corrected chi connectivity index (χ3v) is 12.2. The maximum absolute atomic E-state index is 12.5. The molecule has 0 bridgehead atoms. The van der Waals surface area contributed by atoms with E-state index >= 15 is 0 Å². The van der Waals surface area contributed by atoms with Gasteiger partial charge in [-0.25, -0.2) is 18.2 Å². The number of carbonyl (C=O) groups excluding carboxylic acids is 4. The van der Waals surface area contributed by atoms with E-state index in [1.807, 2.05) is 0 Å². The molecule has 3 N–H and O–H groups in total. The van der Waals surface area contributed by atoms with Crippen LogP contribution < -0.4 is 21.0 Å². The lowest BCUT2D eigenvalue weighted by molar-refractivity contribution is -0.138. The molecule has 1 aromatic carbocycles. The summed E-state index contributed by atoms with van der Waals surface area (Å²) in [7, 11) is -3.61. The van der Waals surface area contributed by atoms with Crippen LogP contribution in [0.25, 0.3) is 11.0 Å². The number of carboxylic acids is 1. The van der Waals surface area contributed by atoms with Gasteiger partial charge < -0.3 is 62.8 Å². The molecule has 2 aromatic heterocycles. The molecule has 0 aliphatic rings. The first kappa shape index (κ1) is 61.4. The number of ether oxygens (including phenoxy) is 8. The number of fused-ring (bicyclic) bond motifs is 1. The van der Waals surface area contributed by atoms with Gasteiger partial charge >= 0.3 is 11.6 Å². The van der Waals surface area contributed by atoms with E-state index in [0.717, 1.165) is 36.0 Å². The van der Waals surface area contributed by atoms with Gasteiger partial charge in [-0.2, -0.15) is 0 Å². The van der Waals surface area contributed by atoms with E-state index in [-0.39, 0.29) is 71.8 Å². The molecule has 0 atom stereocenters. The van der Waals surface area contributed by atoms with Gasteiger partial charge in [0, 0.05) is 67.8 Å². The Bertz CT molecular complexity index is 2180. The summed E-state index contributed by atoms with van der Waals surface area (Å²) in [6.45, 7) is 12.4. The summed E-state index contributed by atoms with van der Waals surface area (Å²) in [6.07, 6.45) is 4.59. The van der Waals surface area contributed by atoms with E-state index in [1.165, 1.54) is 6.92 Å². The van der Waals surface area contributed by atoms with E-state index in [1.54, 1.807) is 45.0 Å². The normalized spacial score (nSPS) is 11.3. The molecule has 0 saturated heterocycles. The smallest absolute Gasteiger partial charge is 0.339 e. The summed E-state index contributed by atoms with van der Waals surface area (Å²) >= 11 is 1.11. The molecule has 21 nitrogen and oxygen atoms in total. The van der Waals surface area contributed by atoms with Crippen LogP contribution in [0.1, 0.15) is 82.1 Å². The highest BCUT2D eigenvalue weighted by atomic mass is 32.2. The summed E-state index contributed by atoms with van der Waals surface area (Å²) in [5.41, 5.74) is 0.521. The quantitative estimate of drug-likeness (QED) is 0.0516. The predicted octanol–water partition coefficient (Wildman–Crippen LogP) is 4.65. The minimum atomic E-state index is -3.61. The van der Waals surface area contributed by atoms with E-state index < -0.39 is 21.4 Å². The lowest BCUT2D eigenvalue weighted by Gasteiger charge is -2.09. The Morgan fingerprint density at radius 1 is 0.686 bits per heavy atom. The largest absolute Gasteiger partial charge is 0.484 e. The number of rotatable bonds is 40. The third kappa shape index (κ3) is 30.1. The second-order valence-corrected chi connectivity index (χ2v) is 18.9. The van der Waals surface area contributed by atoms with Crippen molar-refractivity contribution in [1.29, 1.82) is 0 Å². The summed E-state index contributed by atoms with van der Waals surface area (Å²) in [6, 6.07) is 6.79. The SMILES string of the molecule is CC(=O)CCCCOCCOCCOCCCCC(=O)CCCS(=O)(=O)c1nc(NC(C)=O)sc1C.Cc1cc2ccc(OCC(=O)NCCOCCOCCOCCOCCC(=O)O)cc2oc1=O. The average Bonchev–Trinajstić information content (AvgIpc) is 3.68. The molecule has 0 spiro atoms. The maximum Gasteiger partial charge on any atom is 0.339 e. The average molecular weight is 1030 g/mol. The molecule has 70 heavy (non-hydrogen) atoms. The summed E-state index contributed by atoms with van der Waals surface area (Å²) in [5, 5.41) is 14.6. The Kier molecular flexibility index (Phi) is 32.6. The van der Waals surface area contributed by atoms with Crippen LogP contribution in [0, 0.1) is 13.8 Å². The van der Waals surface area contributed by atoms with Crippen LogP contribution in [0.15, 0.2) is 38.5 Å². The summed E-state index contributed by atoms with van der Waals surface area (Å²) in [5.74, 6) is -0.990. The number of aryl methyl sites for hydroxylation is 2. The van der Waals surface area contributed by atoms with Crippen LogP contribution in [0.5, 0.6) is 5.75 Å². The first-order valence-electron chi connectivity index (χ1n) is 23.3. The number of carbonyl (C=O) groups is 5. The zero-order chi connectivity index (χ0) is 51.4. The van der Waals surface area contributed by atoms with E-state index in [4.69, 9.17) is 47.4 Å². The van der Waals surface area contributed by atoms with Gasteiger partial charge in [0.1, 0.15) is 22.9 Å². The Balaban J connectivity index is 0.000000481. The number of hydrogen-bond donors (Lipinski definition) is 3. The Morgan fingerprint density at radius 2 is 1.23 bits per heavy atom. The van der Waals surface area contributed by atoms with Crippen LogP contribution in [-0.2, 0) is 67.0 Å². The highest BCUT2D eigenvalue weighted by molar-refractivity contribution is 7.91. The van der Waals surface area contributed by atoms with E-state index in [2.05, 4.69) is 15.6 Å². The Labute approximate surface area is 413 Å². The second kappa shape index (κ2) is 37.1. The van der Waals surface area contributed by atoms with Crippen molar-refractivity contribution >= 4 is 66.6 Å². The van der Waals surface area contributed by atoms with Crippen molar-refractivity contribution in [3.63, 3.8) is 0 Å². The number of nitrogens with zero attached hydrogens (tertiary/aromatic N) is 1. The number of carboxylic acid groups (broad SMARTS) is 1. The van der Waals surface area contributed by atoms with Crippen LogP contribution in [0.3, 0.4) is 0 Å². The Morgan fingerprint density at radius 3 is 1.80 bits per heavy atom. The van der Waals surface area contributed by atoms with Crippen molar-refractivity contribution in [2.45, 2.75) is 90.5 Å². The third-order valence-electron chi connectivity index (χ3n) is 9.40. The van der Waals surface area contributed by atoms with E-state index in [9.17, 15) is 37.2 Å². The molecule has 2 heterocycles. The lowest BCUT2D eigenvalue weighted by atomic mass is 10.1. The number of hydrogen-bond acceptors (Lipinski definition) is 19. The van der Waals surface area contributed by atoms with Gasteiger partial charge in [-0.1, -0.05) is 0 Å². The molecule has 0 aliphatic heterocycles. The predicted molar refractivity (Wildman–Crippen MR) is 260 cm³/mol. The van der Waals surface area contributed by atoms with Crippen molar-refractivity contribution in [1.82, 2.24) is 10.3 Å². The van der Waals surface area contributed by atoms with Gasteiger partial charge in [-0.05, 0) is 71.1 Å². The molecule has 23 heteroatoms. The van der Waals surface area contributed by atoms with Crippen LogP contribution in [-0.4, -0.2) is 159 Å². The fourth-order valence-corrected chi connectivity index (χ4v) is 8.58. The highest BCUT2D eigenvalue weighted by Crippen LogP contribution is 2.27. The molecule has 0 fully saturated rings. The van der Waals surface area contributed by atoms with Gasteiger partial charge in [0.25, 0.3) is 5.91 Å². The first-order valence-corrected chi connectivity index (χ1v) is 25.7. The van der Waals surface area contributed by atoms with Crippen LogP contribution in [0.4, 0.5) is 5.13 Å². The van der Waals surface area contributed by atoms with E-state index in [0.29, 0.717) is 133 Å².